The highest BCUT2D eigenvalue weighted by atomic mass is 31.1. The van der Waals surface area contributed by atoms with Crippen molar-refractivity contribution in [2.24, 2.45) is 0 Å². The van der Waals surface area contributed by atoms with Crippen LogP contribution < -0.4 is 32.7 Å². The van der Waals surface area contributed by atoms with Crippen molar-refractivity contribution in [3.8, 4) is 0 Å². The molecule has 4 heteroatoms. The summed E-state index contributed by atoms with van der Waals surface area (Å²) in [6, 6.07) is 38.6. The number of hydrogen-bond acceptors (Lipinski definition) is 2. The van der Waals surface area contributed by atoms with E-state index in [0.29, 0.717) is 0 Å². The molecule has 0 radical (unpaired) electrons. The summed E-state index contributed by atoms with van der Waals surface area (Å²) in [5.41, 5.74) is 14.6. The summed E-state index contributed by atoms with van der Waals surface area (Å²) >= 11 is 0. The Balaban J connectivity index is 1.35. The highest BCUT2D eigenvalue weighted by Crippen LogP contribution is 2.38. The van der Waals surface area contributed by atoms with Crippen LogP contribution in [-0.2, 0) is 0 Å². The highest BCUT2D eigenvalue weighted by molar-refractivity contribution is 7.73. The van der Waals surface area contributed by atoms with Crippen LogP contribution in [-0.4, -0.2) is 12.3 Å². The van der Waals surface area contributed by atoms with Crippen molar-refractivity contribution in [2.75, 3.05) is 23.8 Å². The molecule has 0 amide bonds. The second kappa shape index (κ2) is 12.7. The Morgan fingerprint density at radius 3 is 1.15 bits per heavy atom. The van der Waals surface area contributed by atoms with Crippen LogP contribution in [0, 0.1) is 0 Å². The van der Waals surface area contributed by atoms with Gasteiger partial charge < -0.3 is 11.5 Å². The molecule has 0 saturated heterocycles. The predicted molar refractivity (Wildman–Crippen MR) is 155 cm³/mol. The molecule has 0 aromatic heterocycles. The van der Waals surface area contributed by atoms with Gasteiger partial charge in [-0.3, -0.25) is 0 Å². The summed E-state index contributed by atoms with van der Waals surface area (Å²) in [5, 5.41) is 5.47. The van der Waals surface area contributed by atoms with Crippen LogP contribution in [0.25, 0.3) is 0 Å². The molecular weight excluding hydrogens is 450 g/mol. The van der Waals surface area contributed by atoms with Gasteiger partial charge in [0.2, 0.25) is 0 Å². The van der Waals surface area contributed by atoms with Gasteiger partial charge in [0.15, 0.2) is 0 Å². The molecule has 4 N–H and O–H groups in total. The lowest BCUT2D eigenvalue weighted by Crippen LogP contribution is -2.17. The molecular formula is C30H34N2P2. The maximum absolute atomic E-state index is 6.37. The molecule has 34 heavy (non-hydrogen) atoms. The van der Waals surface area contributed by atoms with Crippen molar-refractivity contribution in [1.29, 1.82) is 0 Å². The quantitative estimate of drug-likeness (QED) is 0.156. The van der Waals surface area contributed by atoms with E-state index in [1.165, 1.54) is 59.2 Å². The first-order valence-electron chi connectivity index (χ1n) is 12.1. The maximum Gasteiger partial charge on any atom is 0.0395 e. The van der Waals surface area contributed by atoms with E-state index in [0.717, 1.165) is 11.4 Å². The predicted octanol–water partition coefficient (Wildman–Crippen LogP) is 5.98. The molecule has 2 unspecified atom stereocenters. The van der Waals surface area contributed by atoms with Crippen LogP contribution in [0.2, 0.25) is 0 Å². The normalized spacial score (nSPS) is 12.8. The number of para-hydroxylation sites is 2. The Morgan fingerprint density at radius 2 is 0.765 bits per heavy atom. The minimum Gasteiger partial charge on any atom is -0.398 e. The number of nitrogens with two attached hydrogens (primary N) is 2. The minimum absolute atomic E-state index is 0.419. The Labute approximate surface area is 206 Å². The third-order valence-electron chi connectivity index (χ3n) is 6.10. The topological polar surface area (TPSA) is 52.0 Å². The van der Waals surface area contributed by atoms with Crippen molar-refractivity contribution in [3.05, 3.63) is 109 Å². The average Bonchev–Trinajstić information content (AvgIpc) is 2.88. The zero-order chi connectivity index (χ0) is 23.6. The number of benzene rings is 4. The van der Waals surface area contributed by atoms with E-state index < -0.39 is 15.8 Å². The van der Waals surface area contributed by atoms with Gasteiger partial charge in [0.05, 0.1) is 0 Å². The molecule has 0 bridgehead atoms. The van der Waals surface area contributed by atoms with Gasteiger partial charge in [-0.1, -0.05) is 110 Å². The van der Waals surface area contributed by atoms with Gasteiger partial charge in [0, 0.05) is 22.0 Å². The fourth-order valence-electron chi connectivity index (χ4n) is 4.35. The van der Waals surface area contributed by atoms with Crippen molar-refractivity contribution < 1.29 is 0 Å². The molecule has 174 valence electrons. The van der Waals surface area contributed by atoms with Gasteiger partial charge in [-0.05, 0) is 63.8 Å². The van der Waals surface area contributed by atoms with Crippen LogP contribution in [0.3, 0.4) is 0 Å². The summed E-state index contributed by atoms with van der Waals surface area (Å²) in [7, 11) is -0.838. The first-order chi connectivity index (χ1) is 16.7. The van der Waals surface area contributed by atoms with E-state index in [-0.39, 0.29) is 0 Å². The first kappa shape index (κ1) is 24.5. The summed E-state index contributed by atoms with van der Waals surface area (Å²) in [4.78, 5) is 0. The largest absolute Gasteiger partial charge is 0.398 e. The molecule has 0 aliphatic carbocycles. The molecule has 4 rings (SSSR count). The van der Waals surface area contributed by atoms with E-state index in [4.69, 9.17) is 11.5 Å². The second-order valence-electron chi connectivity index (χ2n) is 8.51. The van der Waals surface area contributed by atoms with Crippen molar-refractivity contribution in [1.82, 2.24) is 0 Å². The highest BCUT2D eigenvalue weighted by Gasteiger charge is 2.17. The van der Waals surface area contributed by atoms with Crippen LogP contribution in [0.4, 0.5) is 11.4 Å². The van der Waals surface area contributed by atoms with Crippen LogP contribution in [0.15, 0.2) is 109 Å². The van der Waals surface area contributed by atoms with Crippen molar-refractivity contribution in [3.63, 3.8) is 0 Å². The molecule has 4 aromatic carbocycles. The lowest BCUT2D eigenvalue weighted by molar-refractivity contribution is 0.709. The lowest BCUT2D eigenvalue weighted by Gasteiger charge is -2.21. The van der Waals surface area contributed by atoms with Crippen molar-refractivity contribution in [2.45, 2.75) is 25.7 Å². The standard InChI is InChI=1S/C30H34N2P2/c31-27-19-9-11-21-29(27)33(25-15-5-3-6-16-25)23-13-1-2-14-24-34(26-17-7-4-8-18-26)30-22-12-10-20-28(30)32/h3-12,15-22H,1-2,13-14,23-24,31-32H2. The number of rotatable bonds is 11. The molecule has 0 fully saturated rings. The Kier molecular flexibility index (Phi) is 9.14. The first-order valence-corrected chi connectivity index (χ1v) is 15.1. The molecule has 0 aliphatic heterocycles. The van der Waals surface area contributed by atoms with Crippen molar-refractivity contribution >= 4 is 48.4 Å². The second-order valence-corrected chi connectivity index (χ2v) is 13.1. The van der Waals surface area contributed by atoms with Gasteiger partial charge in [-0.15, -0.1) is 0 Å². The molecule has 0 aliphatic rings. The van der Waals surface area contributed by atoms with E-state index in [1.54, 1.807) is 0 Å². The Bertz CT molecular complexity index is 1060. The molecule has 4 aromatic rings. The summed E-state index contributed by atoms with van der Waals surface area (Å²) in [6.45, 7) is 0. The van der Waals surface area contributed by atoms with Gasteiger partial charge in [0.25, 0.3) is 0 Å². The zero-order valence-corrected chi connectivity index (χ0v) is 21.5. The van der Waals surface area contributed by atoms with Crippen LogP contribution >= 0.6 is 15.8 Å². The average molecular weight is 485 g/mol. The molecule has 0 saturated carbocycles. The van der Waals surface area contributed by atoms with Crippen LogP contribution in [0.1, 0.15) is 25.7 Å². The fourth-order valence-corrected chi connectivity index (χ4v) is 9.36. The molecule has 2 atom stereocenters. The number of unbranched alkanes of at least 4 members (excludes halogenated alkanes) is 3. The monoisotopic (exact) mass is 484 g/mol. The summed E-state index contributed by atoms with van der Waals surface area (Å²) in [5.74, 6) is 0. The number of anilines is 2. The maximum atomic E-state index is 6.37. The van der Waals surface area contributed by atoms with E-state index in [2.05, 4.69) is 84.9 Å². The Hall–Kier alpha value is -2.66. The number of nitrogen functional groups attached to an aromatic ring is 2. The zero-order valence-electron chi connectivity index (χ0n) is 19.7. The van der Waals surface area contributed by atoms with E-state index >= 15 is 0 Å². The molecule has 0 spiro atoms. The van der Waals surface area contributed by atoms with Gasteiger partial charge in [0.1, 0.15) is 0 Å². The minimum atomic E-state index is -0.419. The third-order valence-corrected chi connectivity index (χ3v) is 11.5. The third kappa shape index (κ3) is 6.47. The summed E-state index contributed by atoms with van der Waals surface area (Å²) in [6.07, 6.45) is 7.33. The smallest absolute Gasteiger partial charge is 0.0395 e. The van der Waals surface area contributed by atoms with Crippen LogP contribution in [0.5, 0.6) is 0 Å². The molecule has 2 nitrogen and oxygen atoms in total. The van der Waals surface area contributed by atoms with E-state index in [9.17, 15) is 0 Å². The van der Waals surface area contributed by atoms with Gasteiger partial charge in [-0.25, -0.2) is 0 Å². The van der Waals surface area contributed by atoms with Gasteiger partial charge in [-0.2, -0.15) is 0 Å². The molecule has 0 heterocycles. The fraction of sp³-hybridized carbons (Fsp3) is 0.200. The lowest BCUT2D eigenvalue weighted by atomic mass is 10.2. The van der Waals surface area contributed by atoms with E-state index in [1.807, 2.05) is 24.3 Å². The number of hydrogen-bond donors (Lipinski definition) is 2. The van der Waals surface area contributed by atoms with Gasteiger partial charge >= 0.3 is 0 Å². The summed E-state index contributed by atoms with van der Waals surface area (Å²) < 4.78 is 0. The Morgan fingerprint density at radius 1 is 0.412 bits per heavy atom. The SMILES string of the molecule is Nc1ccccc1P(CCCCCCP(c1ccccc1)c1ccccc1N)c1ccccc1.